The van der Waals surface area contributed by atoms with Gasteiger partial charge in [-0.2, -0.15) is 0 Å². The summed E-state index contributed by atoms with van der Waals surface area (Å²) in [6, 6.07) is 2.08. The molecule has 0 atom stereocenters. The van der Waals surface area contributed by atoms with Crippen molar-refractivity contribution in [2.24, 2.45) is 0 Å². The van der Waals surface area contributed by atoms with Gasteiger partial charge in [-0.1, -0.05) is 32.1 Å². The van der Waals surface area contributed by atoms with Crippen LogP contribution in [-0.4, -0.2) is 6.11 Å². The maximum Gasteiger partial charge on any atom is 0.181 e. The first-order valence-electron chi connectivity index (χ1n) is 5.58. The third kappa shape index (κ3) is 1.80. The molecule has 0 spiro atoms. The molecular weight excluding hydrogens is 236 g/mol. The van der Waals surface area contributed by atoms with Crippen LogP contribution in [0.2, 0.25) is 0 Å². The Morgan fingerprint density at radius 1 is 1.50 bits per heavy atom. The number of benzene rings is 1. The molecule has 0 saturated carbocycles. The highest BCUT2D eigenvalue weighted by molar-refractivity contribution is 7.80. The van der Waals surface area contributed by atoms with Crippen LogP contribution in [0.4, 0.5) is 5.13 Å². The lowest BCUT2D eigenvalue weighted by atomic mass is 9.84. The second kappa shape index (κ2) is 3.64. The fourth-order valence-corrected chi connectivity index (χ4v) is 3.16. The summed E-state index contributed by atoms with van der Waals surface area (Å²) < 4.78 is 8.66. The van der Waals surface area contributed by atoms with Crippen LogP contribution in [0.3, 0.4) is 0 Å². The van der Waals surface area contributed by atoms with Crippen molar-refractivity contribution in [3.63, 3.8) is 0 Å². The summed E-state index contributed by atoms with van der Waals surface area (Å²) in [5.74, 6) is 0. The molecule has 1 aromatic carbocycles. The fourth-order valence-electron chi connectivity index (χ4n) is 1.97. The van der Waals surface area contributed by atoms with Gasteiger partial charge in [0.15, 0.2) is 5.13 Å². The lowest BCUT2D eigenvalue weighted by Crippen LogP contribution is -2.13. The topological polar surface area (TPSA) is 38.9 Å². The number of thiol groups is 1. The molecular formula is C12H16N2S2. The van der Waals surface area contributed by atoms with Gasteiger partial charge in [0.2, 0.25) is 0 Å². The van der Waals surface area contributed by atoms with E-state index < -0.39 is 0 Å². The third-order valence-corrected chi connectivity index (χ3v) is 4.02. The van der Waals surface area contributed by atoms with Crippen LogP contribution in [0.15, 0.2) is 11.0 Å². The highest BCUT2D eigenvalue weighted by Crippen LogP contribution is 2.37. The monoisotopic (exact) mass is 254 g/mol. The van der Waals surface area contributed by atoms with Crippen LogP contribution in [0, 0.1) is 6.92 Å². The maximum absolute atomic E-state index is 7.55. The van der Waals surface area contributed by atoms with Gasteiger partial charge in [0, 0.05) is 4.90 Å². The number of hydrogen-bond donors (Lipinski definition) is 2. The van der Waals surface area contributed by atoms with Crippen molar-refractivity contribution in [2.75, 3.05) is 5.73 Å². The summed E-state index contributed by atoms with van der Waals surface area (Å²) in [6.07, 6.45) is 0. The maximum atomic E-state index is 7.55. The molecule has 0 aliphatic heterocycles. The largest absolute Gasteiger partial charge is 0.375 e. The Hall–Kier alpha value is -0.740. The number of rotatable bonds is 1. The molecule has 2 N–H and O–H groups in total. The zero-order valence-electron chi connectivity index (χ0n) is 10.9. The summed E-state index contributed by atoms with van der Waals surface area (Å²) in [5.41, 5.74) is 9.23. The summed E-state index contributed by atoms with van der Waals surface area (Å²) in [7, 11) is 0. The Morgan fingerprint density at radius 3 is 2.75 bits per heavy atom. The van der Waals surface area contributed by atoms with Gasteiger partial charge >= 0.3 is 0 Å². The summed E-state index contributed by atoms with van der Waals surface area (Å²) >= 11 is 2.50. The van der Waals surface area contributed by atoms with Crippen LogP contribution in [0.25, 0.3) is 10.2 Å². The minimum absolute atomic E-state index is 0.0709. The average Bonchev–Trinajstić information content (AvgIpc) is 2.59. The Labute approximate surface area is 106 Å². The van der Waals surface area contributed by atoms with Crippen LogP contribution < -0.4 is 5.73 Å². The van der Waals surface area contributed by atoms with Gasteiger partial charge in [-0.15, -0.1) is 12.5 Å². The standard InChI is InChI=1S/C12H16N2S2/c1-6-7(12(2,3)4)5-8(15)9-10(6)16-11(13)14-9/h5,15H,1-4H3,(H2,13,14)/i/hT. The highest BCUT2D eigenvalue weighted by Gasteiger charge is 2.20. The van der Waals surface area contributed by atoms with E-state index in [-0.39, 0.29) is 5.41 Å². The second-order valence-electron chi connectivity index (χ2n) is 5.03. The van der Waals surface area contributed by atoms with Gasteiger partial charge in [-0.25, -0.2) is 4.98 Å². The van der Waals surface area contributed by atoms with E-state index in [0.29, 0.717) is 5.13 Å². The molecule has 0 bridgehead atoms. The molecule has 1 aromatic heterocycles. The predicted octanol–water partition coefficient (Wildman–Crippen LogP) is 3.77. The Balaban J connectivity index is 2.85. The third-order valence-electron chi connectivity index (χ3n) is 2.71. The molecule has 16 heavy (non-hydrogen) atoms. The Kier molecular flexibility index (Phi) is 2.37. The smallest absolute Gasteiger partial charge is 0.181 e. The number of aromatic nitrogens is 1. The van der Waals surface area contributed by atoms with Crippen molar-refractivity contribution in [2.45, 2.75) is 38.0 Å². The number of nitrogens with zero attached hydrogens (tertiary/aromatic N) is 1. The van der Waals surface area contributed by atoms with Crippen LogP contribution in [0.5, 0.6) is 0 Å². The number of nitrogens with two attached hydrogens (primary N) is 1. The SMILES string of the molecule is [3H]Sc1cc(C(C)(C)C)c(C)c2sc(N)nc12. The first kappa shape index (κ1) is 10.4. The van der Waals surface area contributed by atoms with Gasteiger partial charge < -0.3 is 5.73 Å². The molecule has 0 unspecified atom stereocenters. The van der Waals surface area contributed by atoms with Crippen LogP contribution >= 0.6 is 23.9 Å². The van der Waals surface area contributed by atoms with Crippen LogP contribution in [-0.2, 0) is 5.41 Å². The summed E-state index contributed by atoms with van der Waals surface area (Å²) in [6.45, 7) is 8.66. The van der Waals surface area contributed by atoms with E-state index in [0.717, 1.165) is 27.6 Å². The Morgan fingerprint density at radius 2 is 2.19 bits per heavy atom. The molecule has 2 aromatic rings. The molecule has 1 heterocycles. The molecule has 2 rings (SSSR count). The lowest BCUT2D eigenvalue weighted by Gasteiger charge is -2.22. The van der Waals surface area contributed by atoms with Crippen molar-refractivity contribution in [3.05, 3.63) is 17.2 Å². The van der Waals surface area contributed by atoms with E-state index in [4.69, 9.17) is 6.86 Å². The second-order valence-corrected chi connectivity index (χ2v) is 6.50. The van der Waals surface area contributed by atoms with Crippen molar-refractivity contribution < 1.29 is 0 Å². The van der Waals surface area contributed by atoms with E-state index in [9.17, 15) is 0 Å². The molecule has 0 fully saturated rings. The first-order valence-corrected chi connectivity index (χ1v) is 6.40. The molecule has 0 radical (unpaired) electrons. The minimum Gasteiger partial charge on any atom is -0.375 e. The molecule has 0 amide bonds. The normalized spacial score (nSPS) is 13.1. The van der Waals surface area contributed by atoms with Gasteiger partial charge in [-0.05, 0) is 29.5 Å². The number of fused-ring (bicyclic) bond motifs is 1. The minimum atomic E-state index is 0.0709. The lowest BCUT2D eigenvalue weighted by molar-refractivity contribution is 0.586. The first-order chi connectivity index (χ1) is 7.84. The van der Waals surface area contributed by atoms with E-state index in [1.165, 1.54) is 22.5 Å². The molecule has 2 nitrogen and oxygen atoms in total. The van der Waals surface area contributed by atoms with Crippen LogP contribution in [0.1, 0.15) is 31.9 Å². The van der Waals surface area contributed by atoms with Gasteiger partial charge in [0.1, 0.15) is 1.12 Å². The molecule has 4 heteroatoms. The van der Waals surface area contributed by atoms with Crippen molar-refractivity contribution in [1.82, 2.24) is 4.98 Å². The number of hydrogen-bond acceptors (Lipinski definition) is 4. The molecule has 0 aliphatic rings. The van der Waals surface area contributed by atoms with E-state index >= 15 is 0 Å². The summed E-state index contributed by atoms with van der Waals surface area (Å²) in [5, 5.41) is 0.574. The quantitative estimate of drug-likeness (QED) is 0.760. The number of nitrogen functional groups attached to an aromatic ring is 1. The highest BCUT2D eigenvalue weighted by atomic mass is 32.1. The average molecular weight is 254 g/mol. The van der Waals surface area contributed by atoms with Crippen molar-refractivity contribution >= 4 is 39.2 Å². The van der Waals surface area contributed by atoms with E-state index in [1.807, 2.05) is 0 Å². The zero-order chi connectivity index (χ0) is 12.8. The van der Waals surface area contributed by atoms with E-state index in [2.05, 4.69) is 38.7 Å². The Bertz CT molecular complexity index is 570. The summed E-state index contributed by atoms with van der Waals surface area (Å²) in [4.78, 5) is 5.22. The predicted molar refractivity (Wildman–Crippen MR) is 74.7 cm³/mol. The molecule has 86 valence electrons. The van der Waals surface area contributed by atoms with Gasteiger partial charge in [0.25, 0.3) is 0 Å². The van der Waals surface area contributed by atoms with Crippen molar-refractivity contribution in [3.8, 4) is 0 Å². The molecule has 0 saturated heterocycles. The van der Waals surface area contributed by atoms with E-state index in [1.54, 1.807) is 0 Å². The molecule has 0 aliphatic carbocycles. The zero-order valence-corrected chi connectivity index (χ0v) is 11.6. The van der Waals surface area contributed by atoms with Crippen molar-refractivity contribution in [1.29, 1.82) is 1.12 Å². The number of thiazole rings is 1. The fraction of sp³-hybridized carbons (Fsp3) is 0.417. The number of anilines is 1. The van der Waals surface area contributed by atoms with Gasteiger partial charge in [-0.3, -0.25) is 0 Å². The van der Waals surface area contributed by atoms with Gasteiger partial charge in [0.05, 0.1) is 10.2 Å². The number of aryl methyl sites for hydroxylation is 1.